The van der Waals surface area contributed by atoms with Crippen molar-refractivity contribution in [3.8, 4) is 17.1 Å². The molecule has 2 heterocycles. The summed E-state index contributed by atoms with van der Waals surface area (Å²) in [5, 5.41) is 10.6. The second-order valence-corrected chi connectivity index (χ2v) is 9.75. The Morgan fingerprint density at radius 3 is 2.44 bits per heavy atom. The molecule has 0 saturated carbocycles. The van der Waals surface area contributed by atoms with Gasteiger partial charge in [0.2, 0.25) is 5.91 Å². The van der Waals surface area contributed by atoms with Gasteiger partial charge >= 0.3 is 0 Å². The fourth-order valence-corrected chi connectivity index (χ4v) is 4.64. The molecule has 3 aromatic carbocycles. The molecule has 3 amide bonds. The fourth-order valence-electron chi connectivity index (χ4n) is 4.64. The van der Waals surface area contributed by atoms with Gasteiger partial charge < -0.3 is 20.3 Å². The second kappa shape index (κ2) is 12.9. The molecular weight excluding hydrogens is 520 g/mol. The molecule has 4 aromatic rings. The summed E-state index contributed by atoms with van der Waals surface area (Å²) < 4.78 is 7.67. The van der Waals surface area contributed by atoms with Crippen LogP contribution in [0.25, 0.3) is 11.4 Å². The van der Waals surface area contributed by atoms with Crippen LogP contribution in [0.5, 0.6) is 5.75 Å². The standard InChI is InChI=1S/C31H32N6O4/c1-22-29-34-28(23-10-4-2-5-11-23)35-37(29)18-19-41-26-15-8-14-25(20-26)30(39)32-16-9-17-36(21-27(38)33-22)31(40)24-12-6-3-7-13-24/h2-8,10-15,20,22H,9,16-19,21H2,1H3,(H,32,39)(H,33,38)/t22-/m0/s1. The van der Waals surface area contributed by atoms with E-state index in [0.29, 0.717) is 48.0 Å². The molecule has 0 radical (unpaired) electrons. The first-order valence-corrected chi connectivity index (χ1v) is 13.6. The second-order valence-electron chi connectivity index (χ2n) is 9.75. The van der Waals surface area contributed by atoms with E-state index in [1.165, 1.54) is 4.90 Å². The van der Waals surface area contributed by atoms with Crippen LogP contribution in [0.3, 0.4) is 0 Å². The lowest BCUT2D eigenvalue weighted by molar-refractivity contribution is -0.122. The van der Waals surface area contributed by atoms with E-state index in [2.05, 4.69) is 10.6 Å². The van der Waals surface area contributed by atoms with Crippen molar-refractivity contribution in [2.75, 3.05) is 26.2 Å². The predicted octanol–water partition coefficient (Wildman–Crippen LogP) is 3.48. The van der Waals surface area contributed by atoms with Gasteiger partial charge in [-0.1, -0.05) is 54.6 Å². The lowest BCUT2D eigenvalue weighted by Crippen LogP contribution is -2.43. The highest BCUT2D eigenvalue weighted by Crippen LogP contribution is 2.20. The summed E-state index contributed by atoms with van der Waals surface area (Å²) in [6.45, 7) is 2.96. The van der Waals surface area contributed by atoms with Crippen molar-refractivity contribution in [3.05, 3.63) is 102 Å². The lowest BCUT2D eigenvalue weighted by atomic mass is 10.2. The van der Waals surface area contributed by atoms with Gasteiger partial charge in [-0.05, 0) is 43.7 Å². The molecule has 0 fully saturated rings. The van der Waals surface area contributed by atoms with Crippen LogP contribution in [-0.4, -0.2) is 63.6 Å². The van der Waals surface area contributed by atoms with E-state index in [0.717, 1.165) is 5.56 Å². The van der Waals surface area contributed by atoms with Gasteiger partial charge in [0, 0.05) is 29.8 Å². The SMILES string of the molecule is C[C@@H]1NC(=O)CN(C(=O)c2ccccc2)CCCNC(=O)c2cccc(c2)OCCn2nc(-c3ccccc3)nc21. The third-order valence-electron chi connectivity index (χ3n) is 6.70. The normalized spacial score (nSPS) is 16.8. The highest BCUT2D eigenvalue weighted by molar-refractivity contribution is 5.96. The molecule has 5 rings (SSSR count). The van der Waals surface area contributed by atoms with Gasteiger partial charge in [0.25, 0.3) is 11.8 Å². The molecule has 0 saturated heterocycles. The van der Waals surface area contributed by atoms with Crippen LogP contribution in [0.1, 0.15) is 45.9 Å². The van der Waals surface area contributed by atoms with Gasteiger partial charge in [0.05, 0.1) is 19.1 Å². The monoisotopic (exact) mass is 552 g/mol. The van der Waals surface area contributed by atoms with E-state index in [9.17, 15) is 14.4 Å². The Balaban J connectivity index is 1.43. The summed E-state index contributed by atoms with van der Waals surface area (Å²) in [5.41, 5.74) is 1.81. The average molecular weight is 553 g/mol. The molecule has 210 valence electrons. The maximum atomic E-state index is 13.3. The van der Waals surface area contributed by atoms with Crippen LogP contribution < -0.4 is 15.4 Å². The predicted molar refractivity (Wildman–Crippen MR) is 153 cm³/mol. The van der Waals surface area contributed by atoms with Crippen molar-refractivity contribution in [1.82, 2.24) is 30.3 Å². The highest BCUT2D eigenvalue weighted by atomic mass is 16.5. The van der Waals surface area contributed by atoms with E-state index in [4.69, 9.17) is 14.8 Å². The third-order valence-corrected chi connectivity index (χ3v) is 6.70. The largest absolute Gasteiger partial charge is 0.492 e. The summed E-state index contributed by atoms with van der Waals surface area (Å²) in [7, 11) is 0. The van der Waals surface area contributed by atoms with Gasteiger partial charge in [-0.15, -0.1) is 0 Å². The zero-order valence-electron chi connectivity index (χ0n) is 22.8. The summed E-state index contributed by atoms with van der Waals surface area (Å²) >= 11 is 0. The Hall–Kier alpha value is -4.99. The number of amides is 3. The number of carbonyl (C=O) groups excluding carboxylic acids is 3. The fraction of sp³-hybridized carbons (Fsp3) is 0.258. The van der Waals surface area contributed by atoms with E-state index >= 15 is 0 Å². The van der Waals surface area contributed by atoms with Crippen molar-refractivity contribution in [2.24, 2.45) is 0 Å². The van der Waals surface area contributed by atoms with Crippen LogP contribution in [0.4, 0.5) is 0 Å². The van der Waals surface area contributed by atoms with Gasteiger partial charge in [-0.2, -0.15) is 5.10 Å². The van der Waals surface area contributed by atoms with Gasteiger partial charge in [0.1, 0.15) is 18.2 Å². The third kappa shape index (κ3) is 6.96. The Bertz CT molecular complexity index is 1510. The first kappa shape index (κ1) is 27.6. The van der Waals surface area contributed by atoms with E-state index in [1.54, 1.807) is 53.2 Å². The van der Waals surface area contributed by atoms with Crippen LogP contribution in [0.15, 0.2) is 84.9 Å². The average Bonchev–Trinajstić information content (AvgIpc) is 3.43. The van der Waals surface area contributed by atoms with Crippen LogP contribution in [-0.2, 0) is 11.3 Å². The minimum atomic E-state index is -0.484. The molecule has 10 nitrogen and oxygen atoms in total. The zero-order valence-corrected chi connectivity index (χ0v) is 22.8. The number of hydrogen-bond acceptors (Lipinski definition) is 6. The molecule has 2 N–H and O–H groups in total. The molecule has 1 aliphatic heterocycles. The number of nitrogens with one attached hydrogen (secondary N) is 2. The topological polar surface area (TPSA) is 118 Å². The van der Waals surface area contributed by atoms with E-state index in [-0.39, 0.29) is 37.4 Å². The molecule has 41 heavy (non-hydrogen) atoms. The van der Waals surface area contributed by atoms with Crippen molar-refractivity contribution in [3.63, 3.8) is 0 Å². The van der Waals surface area contributed by atoms with Crippen molar-refractivity contribution in [1.29, 1.82) is 0 Å². The number of hydrogen-bond donors (Lipinski definition) is 2. The van der Waals surface area contributed by atoms with Crippen LogP contribution in [0.2, 0.25) is 0 Å². The summed E-state index contributed by atoms with van der Waals surface area (Å²) in [6.07, 6.45) is 0.470. The van der Waals surface area contributed by atoms with Crippen LogP contribution >= 0.6 is 0 Å². The van der Waals surface area contributed by atoms with Gasteiger partial charge in [-0.3, -0.25) is 14.4 Å². The van der Waals surface area contributed by atoms with Crippen molar-refractivity contribution in [2.45, 2.75) is 25.9 Å². The van der Waals surface area contributed by atoms with Crippen molar-refractivity contribution >= 4 is 17.7 Å². The Morgan fingerprint density at radius 2 is 1.66 bits per heavy atom. The molecule has 1 aliphatic rings. The molecule has 0 unspecified atom stereocenters. The van der Waals surface area contributed by atoms with E-state index < -0.39 is 6.04 Å². The maximum Gasteiger partial charge on any atom is 0.254 e. The highest BCUT2D eigenvalue weighted by Gasteiger charge is 2.23. The summed E-state index contributed by atoms with van der Waals surface area (Å²) in [4.78, 5) is 45.6. The molecule has 10 heteroatoms. The number of rotatable bonds is 2. The molecule has 1 atom stereocenters. The van der Waals surface area contributed by atoms with E-state index in [1.807, 2.05) is 43.3 Å². The Kier molecular flexibility index (Phi) is 8.68. The number of ether oxygens (including phenoxy) is 1. The number of fused-ring (bicyclic) bond motifs is 3. The number of benzene rings is 3. The molecule has 1 aromatic heterocycles. The number of nitrogens with zero attached hydrogens (tertiary/aromatic N) is 4. The zero-order chi connectivity index (χ0) is 28.6. The Morgan fingerprint density at radius 1 is 0.927 bits per heavy atom. The number of aromatic nitrogens is 3. The molecule has 0 spiro atoms. The summed E-state index contributed by atoms with van der Waals surface area (Å²) in [6, 6.07) is 24.9. The Labute approximate surface area is 238 Å². The van der Waals surface area contributed by atoms with Crippen LogP contribution in [0, 0.1) is 0 Å². The lowest BCUT2D eigenvalue weighted by Gasteiger charge is -2.24. The smallest absolute Gasteiger partial charge is 0.254 e. The first-order chi connectivity index (χ1) is 20.0. The first-order valence-electron chi connectivity index (χ1n) is 13.6. The van der Waals surface area contributed by atoms with Gasteiger partial charge in [-0.25, -0.2) is 9.67 Å². The molecular formula is C31H32N6O4. The van der Waals surface area contributed by atoms with Gasteiger partial charge in [0.15, 0.2) is 5.82 Å². The number of carbonyl (C=O) groups is 3. The molecule has 2 bridgehead atoms. The molecule has 0 aliphatic carbocycles. The summed E-state index contributed by atoms with van der Waals surface area (Å²) in [5.74, 6) is 0.838. The van der Waals surface area contributed by atoms with Crippen molar-refractivity contribution < 1.29 is 19.1 Å². The maximum absolute atomic E-state index is 13.3. The minimum absolute atomic E-state index is 0.142. The quantitative estimate of drug-likeness (QED) is 0.393. The minimum Gasteiger partial charge on any atom is -0.492 e.